The number of H-pyrrole nitrogens is 1. The van der Waals surface area contributed by atoms with Crippen molar-refractivity contribution in [3.05, 3.63) is 48.0 Å². The van der Waals surface area contributed by atoms with E-state index in [0.29, 0.717) is 19.2 Å². The number of benzene rings is 1. The number of aromatic amines is 1. The number of aliphatic hydroxyl groups is 1. The molecule has 3 N–H and O–H groups in total. The summed E-state index contributed by atoms with van der Waals surface area (Å²) in [7, 11) is 0. The van der Waals surface area contributed by atoms with Crippen molar-refractivity contribution < 1.29 is 9.84 Å². The lowest BCUT2D eigenvalue weighted by atomic mass is 10.2. The molecule has 0 radical (unpaired) electrons. The van der Waals surface area contributed by atoms with Gasteiger partial charge in [-0.15, -0.1) is 11.3 Å². The first-order chi connectivity index (χ1) is 12.3. The number of hydrogen-bond donors (Lipinski definition) is 3. The van der Waals surface area contributed by atoms with Crippen LogP contribution in [-0.4, -0.2) is 40.4 Å². The van der Waals surface area contributed by atoms with E-state index in [1.165, 1.54) is 12.8 Å². The Hall–Kier alpha value is -2.15. The van der Waals surface area contributed by atoms with Gasteiger partial charge in [-0.05, 0) is 48.6 Å². The van der Waals surface area contributed by atoms with E-state index < -0.39 is 6.10 Å². The number of nitrogens with one attached hydrogen (secondary N) is 2. The van der Waals surface area contributed by atoms with Gasteiger partial charge in [0.1, 0.15) is 24.3 Å². The van der Waals surface area contributed by atoms with Gasteiger partial charge in [-0.2, -0.15) is 0 Å². The normalized spacial score (nSPS) is 15.2. The first-order valence-electron chi connectivity index (χ1n) is 8.52. The highest BCUT2D eigenvalue weighted by Crippen LogP contribution is 2.26. The van der Waals surface area contributed by atoms with E-state index in [0.717, 1.165) is 27.7 Å². The average molecular weight is 355 g/mol. The summed E-state index contributed by atoms with van der Waals surface area (Å²) in [4.78, 5) is 9.01. The minimum absolute atomic E-state index is 0.294. The topological polar surface area (TPSA) is 70.2 Å². The van der Waals surface area contributed by atoms with Gasteiger partial charge in [0.05, 0.1) is 10.6 Å². The molecule has 6 heteroatoms. The van der Waals surface area contributed by atoms with E-state index in [-0.39, 0.29) is 0 Å². The first-order valence-corrected chi connectivity index (χ1v) is 9.40. The third-order valence-electron chi connectivity index (χ3n) is 4.14. The standard InChI is InChI=1S/C19H21N3O2S/c23-15(10-20-14-5-6-14)12-24-16-7-3-13(4-8-16)19-21-11-17(22-19)18-2-1-9-25-18/h1-4,7-9,11,14-15,20,23H,5-6,10,12H2,(H,21,22). The summed E-state index contributed by atoms with van der Waals surface area (Å²) in [6.07, 6.45) is 3.87. The monoisotopic (exact) mass is 355 g/mol. The summed E-state index contributed by atoms with van der Waals surface area (Å²) in [5.74, 6) is 1.59. The van der Waals surface area contributed by atoms with Gasteiger partial charge in [-0.3, -0.25) is 0 Å². The van der Waals surface area contributed by atoms with Crippen molar-refractivity contribution in [3.63, 3.8) is 0 Å². The second-order valence-electron chi connectivity index (χ2n) is 6.28. The molecular weight excluding hydrogens is 334 g/mol. The van der Waals surface area contributed by atoms with E-state index in [1.54, 1.807) is 11.3 Å². The Bertz CT molecular complexity index is 794. The zero-order valence-electron chi connectivity index (χ0n) is 13.8. The number of nitrogens with zero attached hydrogens (tertiary/aromatic N) is 1. The maximum Gasteiger partial charge on any atom is 0.138 e. The molecule has 1 fully saturated rings. The molecule has 130 valence electrons. The van der Waals surface area contributed by atoms with Gasteiger partial charge < -0.3 is 20.1 Å². The second kappa shape index (κ2) is 7.39. The fraction of sp³-hybridized carbons (Fsp3) is 0.316. The van der Waals surface area contributed by atoms with Crippen LogP contribution < -0.4 is 10.1 Å². The summed E-state index contributed by atoms with van der Waals surface area (Å²) in [6.45, 7) is 0.878. The van der Waals surface area contributed by atoms with Crippen molar-refractivity contribution in [1.29, 1.82) is 0 Å². The van der Waals surface area contributed by atoms with Crippen LogP contribution in [0.2, 0.25) is 0 Å². The molecule has 2 aromatic heterocycles. The lowest BCUT2D eigenvalue weighted by molar-refractivity contribution is 0.106. The highest BCUT2D eigenvalue weighted by Gasteiger charge is 2.21. The summed E-state index contributed by atoms with van der Waals surface area (Å²) in [5, 5.41) is 15.3. The number of imidazole rings is 1. The number of rotatable bonds is 8. The lowest BCUT2D eigenvalue weighted by Crippen LogP contribution is -2.32. The average Bonchev–Trinajstić information content (AvgIpc) is 3.11. The van der Waals surface area contributed by atoms with Crippen molar-refractivity contribution in [2.45, 2.75) is 25.0 Å². The van der Waals surface area contributed by atoms with Crippen LogP contribution in [0.5, 0.6) is 5.75 Å². The van der Waals surface area contributed by atoms with Crippen molar-refractivity contribution in [3.8, 4) is 27.7 Å². The molecule has 0 amide bonds. The Balaban J connectivity index is 1.33. The highest BCUT2D eigenvalue weighted by atomic mass is 32.1. The smallest absolute Gasteiger partial charge is 0.138 e. The minimum atomic E-state index is -0.487. The minimum Gasteiger partial charge on any atom is -0.491 e. The molecule has 1 atom stereocenters. The fourth-order valence-corrected chi connectivity index (χ4v) is 3.26. The van der Waals surface area contributed by atoms with Crippen molar-refractivity contribution in [2.24, 2.45) is 0 Å². The molecule has 0 spiro atoms. The largest absolute Gasteiger partial charge is 0.491 e. The molecule has 5 nitrogen and oxygen atoms in total. The van der Waals surface area contributed by atoms with Crippen LogP contribution in [0, 0.1) is 0 Å². The van der Waals surface area contributed by atoms with Gasteiger partial charge in [0.25, 0.3) is 0 Å². The van der Waals surface area contributed by atoms with Gasteiger partial charge in [-0.1, -0.05) is 6.07 Å². The summed E-state index contributed by atoms with van der Waals surface area (Å²) in [5.41, 5.74) is 1.96. The number of aliphatic hydroxyl groups excluding tert-OH is 1. The van der Waals surface area contributed by atoms with Gasteiger partial charge in [0, 0.05) is 24.3 Å². The fourth-order valence-electron chi connectivity index (χ4n) is 2.57. The SMILES string of the molecule is OC(CNC1CC1)COc1ccc(-c2nc(-c3cccs3)c[nH]2)cc1. The maximum atomic E-state index is 9.91. The van der Waals surface area contributed by atoms with Gasteiger partial charge in [-0.25, -0.2) is 4.98 Å². The molecule has 0 aliphatic heterocycles. The van der Waals surface area contributed by atoms with E-state index in [9.17, 15) is 5.11 Å². The van der Waals surface area contributed by atoms with E-state index in [4.69, 9.17) is 4.74 Å². The Labute approximate surface area is 150 Å². The van der Waals surface area contributed by atoms with Crippen LogP contribution in [-0.2, 0) is 0 Å². The molecule has 1 unspecified atom stereocenters. The van der Waals surface area contributed by atoms with Crippen LogP contribution in [0.15, 0.2) is 48.0 Å². The Kier molecular flexibility index (Phi) is 4.83. The number of aromatic nitrogens is 2. The molecule has 0 bridgehead atoms. The number of thiophene rings is 1. The predicted molar refractivity (Wildman–Crippen MR) is 99.9 cm³/mol. The lowest BCUT2D eigenvalue weighted by Gasteiger charge is -2.13. The molecule has 25 heavy (non-hydrogen) atoms. The van der Waals surface area contributed by atoms with Crippen molar-refractivity contribution in [1.82, 2.24) is 15.3 Å². The Morgan fingerprint density at radius 1 is 1.28 bits per heavy atom. The van der Waals surface area contributed by atoms with Crippen LogP contribution in [0.3, 0.4) is 0 Å². The summed E-state index contributed by atoms with van der Waals surface area (Å²) < 4.78 is 5.66. The molecule has 0 saturated heterocycles. The maximum absolute atomic E-state index is 9.91. The van der Waals surface area contributed by atoms with E-state index in [1.807, 2.05) is 41.9 Å². The van der Waals surface area contributed by atoms with E-state index >= 15 is 0 Å². The zero-order chi connectivity index (χ0) is 17.1. The molecule has 4 rings (SSSR count). The molecule has 1 aliphatic carbocycles. The number of ether oxygens (including phenoxy) is 1. The zero-order valence-corrected chi connectivity index (χ0v) is 14.6. The third-order valence-corrected chi connectivity index (χ3v) is 5.03. The third kappa shape index (κ3) is 4.28. The highest BCUT2D eigenvalue weighted by molar-refractivity contribution is 7.13. The molecule has 1 saturated carbocycles. The van der Waals surface area contributed by atoms with Crippen molar-refractivity contribution >= 4 is 11.3 Å². The van der Waals surface area contributed by atoms with Crippen LogP contribution in [0.25, 0.3) is 22.0 Å². The summed E-state index contributed by atoms with van der Waals surface area (Å²) in [6, 6.07) is 12.4. The Morgan fingerprint density at radius 2 is 2.12 bits per heavy atom. The quantitative estimate of drug-likeness (QED) is 0.580. The van der Waals surface area contributed by atoms with Gasteiger partial charge >= 0.3 is 0 Å². The van der Waals surface area contributed by atoms with E-state index in [2.05, 4.69) is 21.4 Å². The van der Waals surface area contributed by atoms with Crippen LogP contribution >= 0.6 is 11.3 Å². The van der Waals surface area contributed by atoms with Crippen LogP contribution in [0.1, 0.15) is 12.8 Å². The predicted octanol–water partition coefficient (Wildman–Crippen LogP) is 3.30. The molecule has 1 aliphatic rings. The number of hydrogen-bond acceptors (Lipinski definition) is 5. The van der Waals surface area contributed by atoms with Crippen molar-refractivity contribution in [2.75, 3.05) is 13.2 Å². The second-order valence-corrected chi connectivity index (χ2v) is 7.23. The summed E-state index contributed by atoms with van der Waals surface area (Å²) >= 11 is 1.67. The molecule has 3 aromatic rings. The van der Waals surface area contributed by atoms with Gasteiger partial charge in [0.2, 0.25) is 0 Å². The van der Waals surface area contributed by atoms with Crippen LogP contribution in [0.4, 0.5) is 0 Å². The molecule has 2 heterocycles. The molecular formula is C19H21N3O2S. The first kappa shape index (κ1) is 16.3. The molecule has 1 aromatic carbocycles. The van der Waals surface area contributed by atoms with Gasteiger partial charge in [0.15, 0.2) is 0 Å². The Morgan fingerprint density at radius 3 is 2.84 bits per heavy atom.